The van der Waals surface area contributed by atoms with Crippen LogP contribution in [0.25, 0.3) is 0 Å². The maximum absolute atomic E-state index is 12.4. The van der Waals surface area contributed by atoms with Gasteiger partial charge in [0.25, 0.3) is 0 Å². The lowest BCUT2D eigenvalue weighted by atomic mass is 9.93. The summed E-state index contributed by atoms with van der Waals surface area (Å²) in [6, 6.07) is -0.0276. The summed E-state index contributed by atoms with van der Waals surface area (Å²) in [5.74, 6) is -0.536. The van der Waals surface area contributed by atoms with Gasteiger partial charge in [-0.25, -0.2) is 0 Å². The van der Waals surface area contributed by atoms with E-state index in [0.29, 0.717) is 18.3 Å². The number of anilines is 1. The predicted octanol–water partition coefficient (Wildman–Crippen LogP) is 1.95. The van der Waals surface area contributed by atoms with Crippen molar-refractivity contribution in [1.29, 1.82) is 0 Å². The summed E-state index contributed by atoms with van der Waals surface area (Å²) < 4.78 is 5.09. The summed E-state index contributed by atoms with van der Waals surface area (Å²) in [4.78, 5) is 26.2. The third kappa shape index (κ3) is 4.98. The highest BCUT2D eigenvalue weighted by Crippen LogP contribution is 2.26. The van der Waals surface area contributed by atoms with Gasteiger partial charge in [-0.05, 0) is 12.3 Å². The second-order valence-corrected chi connectivity index (χ2v) is 8.54. The summed E-state index contributed by atoms with van der Waals surface area (Å²) in [5.41, 5.74) is 0.122. The number of methoxy groups -OCH3 is 1. The van der Waals surface area contributed by atoms with Crippen molar-refractivity contribution in [2.45, 2.75) is 46.6 Å². The molecular weight excluding hydrogens is 328 g/mol. The third-order valence-electron chi connectivity index (χ3n) is 3.85. The number of hydrogen-bond acceptors (Lipinski definition) is 6. The Labute approximate surface area is 146 Å². The summed E-state index contributed by atoms with van der Waals surface area (Å²) in [6.45, 7) is 9.20. The molecule has 1 aliphatic heterocycles. The number of nitrogens with one attached hydrogen (secondary N) is 1. The molecule has 2 atom stereocenters. The fourth-order valence-electron chi connectivity index (χ4n) is 2.70. The molecule has 0 aliphatic carbocycles. The van der Waals surface area contributed by atoms with Crippen molar-refractivity contribution in [2.75, 3.05) is 25.6 Å². The van der Waals surface area contributed by atoms with E-state index in [2.05, 4.69) is 36.3 Å². The van der Waals surface area contributed by atoms with Gasteiger partial charge in [-0.15, -0.1) is 10.2 Å². The Hall–Kier alpha value is -1.54. The van der Waals surface area contributed by atoms with Crippen molar-refractivity contribution in [2.24, 2.45) is 11.3 Å². The van der Waals surface area contributed by atoms with Gasteiger partial charge in [0, 0.05) is 26.5 Å². The summed E-state index contributed by atoms with van der Waals surface area (Å²) in [6.07, 6.45) is 1.04. The Morgan fingerprint density at radius 3 is 2.79 bits per heavy atom. The zero-order chi connectivity index (χ0) is 17.9. The number of ether oxygens (including phenoxy) is 1. The molecule has 1 fully saturated rings. The number of likely N-dealkylation sites (tertiary alicyclic amines) is 1. The van der Waals surface area contributed by atoms with Crippen LogP contribution in [-0.2, 0) is 20.7 Å². The Morgan fingerprint density at radius 2 is 2.17 bits per heavy atom. The van der Waals surface area contributed by atoms with E-state index < -0.39 is 0 Å². The van der Waals surface area contributed by atoms with Crippen molar-refractivity contribution in [1.82, 2.24) is 15.1 Å². The molecule has 1 aliphatic rings. The number of carbonyl (C=O) groups excluding carboxylic acids is 2. The largest absolute Gasteiger partial charge is 0.383 e. The van der Waals surface area contributed by atoms with E-state index in [1.54, 1.807) is 12.0 Å². The molecule has 134 valence electrons. The average molecular weight is 354 g/mol. The van der Waals surface area contributed by atoms with E-state index in [4.69, 9.17) is 4.74 Å². The number of hydrogen-bond donors (Lipinski definition) is 1. The Kier molecular flexibility index (Phi) is 5.92. The first-order valence-corrected chi connectivity index (χ1v) is 8.93. The van der Waals surface area contributed by atoms with Crippen LogP contribution in [0.15, 0.2) is 0 Å². The van der Waals surface area contributed by atoms with Crippen LogP contribution in [0, 0.1) is 11.3 Å². The van der Waals surface area contributed by atoms with E-state index in [-0.39, 0.29) is 35.6 Å². The van der Waals surface area contributed by atoms with Crippen LogP contribution in [-0.4, -0.2) is 53.2 Å². The first-order valence-electron chi connectivity index (χ1n) is 8.11. The summed E-state index contributed by atoms with van der Waals surface area (Å²) in [7, 11) is 1.60. The van der Waals surface area contributed by atoms with Gasteiger partial charge in [-0.3, -0.25) is 9.59 Å². The number of rotatable bonds is 6. The Morgan fingerprint density at radius 1 is 1.46 bits per heavy atom. The third-order valence-corrected chi connectivity index (χ3v) is 4.69. The molecule has 1 aromatic rings. The fourth-order valence-corrected chi connectivity index (χ4v) is 3.74. The van der Waals surface area contributed by atoms with Gasteiger partial charge >= 0.3 is 0 Å². The Bertz CT molecular complexity index is 596. The van der Waals surface area contributed by atoms with Crippen LogP contribution in [0.5, 0.6) is 0 Å². The molecule has 0 spiro atoms. The number of nitrogens with zero attached hydrogens (tertiary/aromatic N) is 3. The van der Waals surface area contributed by atoms with Crippen LogP contribution >= 0.6 is 11.3 Å². The maximum Gasteiger partial charge on any atom is 0.231 e. The molecule has 24 heavy (non-hydrogen) atoms. The second kappa shape index (κ2) is 7.57. The smallest absolute Gasteiger partial charge is 0.231 e. The molecule has 7 nitrogen and oxygen atoms in total. The first kappa shape index (κ1) is 18.8. The predicted molar refractivity (Wildman–Crippen MR) is 92.9 cm³/mol. The molecule has 0 aromatic carbocycles. The minimum Gasteiger partial charge on any atom is -0.383 e. The molecule has 2 rings (SSSR count). The lowest BCUT2D eigenvalue weighted by Gasteiger charge is -2.23. The minimum absolute atomic E-state index is 0.00890. The zero-order valence-corrected chi connectivity index (χ0v) is 15.8. The lowest BCUT2D eigenvalue weighted by molar-refractivity contribution is -0.130. The van der Waals surface area contributed by atoms with Crippen molar-refractivity contribution in [3.63, 3.8) is 0 Å². The van der Waals surface area contributed by atoms with Gasteiger partial charge < -0.3 is 15.0 Å². The maximum atomic E-state index is 12.4. The molecule has 0 bridgehead atoms. The molecular formula is C16H26N4O3S. The quantitative estimate of drug-likeness (QED) is 0.844. The van der Waals surface area contributed by atoms with Crippen molar-refractivity contribution in [3.05, 3.63) is 5.01 Å². The van der Waals surface area contributed by atoms with Gasteiger partial charge in [0.05, 0.1) is 18.6 Å². The van der Waals surface area contributed by atoms with Crippen LogP contribution in [0.3, 0.4) is 0 Å². The number of aromatic nitrogens is 2. The molecule has 1 saturated heterocycles. The fraction of sp³-hybridized carbons (Fsp3) is 0.750. The highest BCUT2D eigenvalue weighted by Gasteiger charge is 2.36. The monoisotopic (exact) mass is 354 g/mol. The summed E-state index contributed by atoms with van der Waals surface area (Å²) >= 11 is 1.39. The van der Waals surface area contributed by atoms with Gasteiger partial charge in [-0.2, -0.15) is 0 Å². The standard InChI is InChI=1S/C16H26N4O3S/c1-10(9-23-5)20-8-11(6-13(20)21)14(22)17-15-19-18-12(24-15)7-16(2,3)4/h10-11H,6-9H2,1-5H3,(H,17,19,22)/t10-,11-/m0/s1. The molecule has 1 N–H and O–H groups in total. The molecule has 0 radical (unpaired) electrons. The topological polar surface area (TPSA) is 84.4 Å². The average Bonchev–Trinajstić information content (AvgIpc) is 3.04. The molecule has 2 amide bonds. The normalized spacial score (nSPS) is 19.6. The van der Waals surface area contributed by atoms with Gasteiger partial charge in [0.1, 0.15) is 5.01 Å². The van der Waals surface area contributed by atoms with Crippen LogP contribution in [0.2, 0.25) is 0 Å². The Balaban J connectivity index is 1.92. The molecule has 8 heteroatoms. The van der Waals surface area contributed by atoms with Crippen LogP contribution in [0.1, 0.15) is 39.1 Å². The number of amides is 2. The SMILES string of the molecule is COC[C@H](C)N1C[C@@H](C(=O)Nc2nnc(CC(C)(C)C)s2)CC1=O. The second-order valence-electron chi connectivity index (χ2n) is 7.48. The molecule has 1 aromatic heterocycles. The van der Waals surface area contributed by atoms with E-state index in [9.17, 15) is 9.59 Å². The lowest BCUT2D eigenvalue weighted by Crippen LogP contribution is -2.38. The molecule has 0 unspecified atom stereocenters. The molecule has 2 heterocycles. The van der Waals surface area contributed by atoms with E-state index in [1.807, 2.05) is 6.92 Å². The van der Waals surface area contributed by atoms with Crippen molar-refractivity contribution in [3.8, 4) is 0 Å². The van der Waals surface area contributed by atoms with E-state index in [1.165, 1.54) is 11.3 Å². The highest BCUT2D eigenvalue weighted by atomic mass is 32.1. The first-order chi connectivity index (χ1) is 11.2. The van der Waals surface area contributed by atoms with Crippen LogP contribution in [0.4, 0.5) is 5.13 Å². The van der Waals surface area contributed by atoms with Crippen molar-refractivity contribution >= 4 is 28.3 Å². The van der Waals surface area contributed by atoms with Gasteiger partial charge in [-0.1, -0.05) is 32.1 Å². The summed E-state index contributed by atoms with van der Waals surface area (Å²) in [5, 5.41) is 12.3. The van der Waals surface area contributed by atoms with E-state index in [0.717, 1.165) is 11.4 Å². The highest BCUT2D eigenvalue weighted by molar-refractivity contribution is 7.15. The van der Waals surface area contributed by atoms with Crippen LogP contribution < -0.4 is 5.32 Å². The van der Waals surface area contributed by atoms with Crippen molar-refractivity contribution < 1.29 is 14.3 Å². The van der Waals surface area contributed by atoms with E-state index >= 15 is 0 Å². The zero-order valence-electron chi connectivity index (χ0n) is 15.0. The van der Waals surface area contributed by atoms with Gasteiger partial charge in [0.15, 0.2) is 0 Å². The number of carbonyl (C=O) groups is 2. The minimum atomic E-state index is -0.355. The van der Waals surface area contributed by atoms with Gasteiger partial charge in [0.2, 0.25) is 16.9 Å². The molecule has 0 saturated carbocycles.